The largest absolute Gasteiger partial charge is 0.361 e. The van der Waals surface area contributed by atoms with Gasteiger partial charge >= 0.3 is 0 Å². The van der Waals surface area contributed by atoms with Crippen molar-refractivity contribution >= 4 is 16.7 Å². The van der Waals surface area contributed by atoms with E-state index in [2.05, 4.69) is 50.2 Å². The maximum absolute atomic E-state index is 4.69. The standard InChI is InChI=1S/C23H29N5/c1-18-14-24-16-22(26-18)27-12-9-23(10-13-27)8-4-5-11-28(23)17-19-15-25-21-7-3-2-6-20(19)21/h2-3,6-7,14-16,25H,4-5,8-13,17H2,1H3. The summed E-state index contributed by atoms with van der Waals surface area (Å²) in [7, 11) is 0. The number of piperidine rings is 2. The first kappa shape index (κ1) is 17.7. The Kier molecular flexibility index (Phi) is 4.55. The number of H-pyrrole nitrogens is 1. The summed E-state index contributed by atoms with van der Waals surface area (Å²) < 4.78 is 0. The number of benzene rings is 1. The Morgan fingerprint density at radius 1 is 1.04 bits per heavy atom. The molecule has 5 rings (SSSR count). The molecule has 28 heavy (non-hydrogen) atoms. The molecule has 0 atom stereocenters. The molecule has 3 aromatic rings. The molecular weight excluding hydrogens is 346 g/mol. The Morgan fingerprint density at radius 3 is 2.75 bits per heavy atom. The van der Waals surface area contributed by atoms with Crippen molar-refractivity contribution in [3.05, 3.63) is 54.1 Å². The Morgan fingerprint density at radius 2 is 1.89 bits per heavy atom. The van der Waals surface area contributed by atoms with Crippen molar-refractivity contribution in [2.45, 2.75) is 51.1 Å². The van der Waals surface area contributed by atoms with Gasteiger partial charge in [-0.1, -0.05) is 24.6 Å². The summed E-state index contributed by atoms with van der Waals surface area (Å²) in [6, 6.07) is 8.67. The van der Waals surface area contributed by atoms with E-state index in [4.69, 9.17) is 4.98 Å². The highest BCUT2D eigenvalue weighted by molar-refractivity contribution is 5.82. The molecule has 0 unspecified atom stereocenters. The van der Waals surface area contributed by atoms with E-state index in [1.807, 2.05) is 19.3 Å². The number of rotatable bonds is 3. The van der Waals surface area contributed by atoms with Crippen LogP contribution in [-0.4, -0.2) is 45.0 Å². The monoisotopic (exact) mass is 375 g/mol. The molecule has 0 aliphatic carbocycles. The number of aromatic amines is 1. The third-order valence-corrected chi connectivity index (χ3v) is 6.79. The second-order valence-corrected chi connectivity index (χ2v) is 8.47. The third-order valence-electron chi connectivity index (χ3n) is 6.79. The lowest BCUT2D eigenvalue weighted by molar-refractivity contribution is 0.0186. The summed E-state index contributed by atoms with van der Waals surface area (Å²) in [6.07, 6.45) is 12.4. The van der Waals surface area contributed by atoms with E-state index in [1.165, 1.54) is 55.1 Å². The third kappa shape index (κ3) is 3.18. The minimum absolute atomic E-state index is 0.338. The maximum Gasteiger partial charge on any atom is 0.147 e. The number of hydrogen-bond acceptors (Lipinski definition) is 4. The topological polar surface area (TPSA) is 48.1 Å². The lowest BCUT2D eigenvalue weighted by atomic mass is 9.78. The van der Waals surface area contributed by atoms with Crippen LogP contribution in [0, 0.1) is 6.92 Å². The van der Waals surface area contributed by atoms with Gasteiger partial charge in [0.05, 0.1) is 11.9 Å². The molecule has 2 aliphatic rings. The van der Waals surface area contributed by atoms with Crippen LogP contribution in [0.3, 0.4) is 0 Å². The van der Waals surface area contributed by atoms with Crippen molar-refractivity contribution in [1.29, 1.82) is 0 Å². The highest BCUT2D eigenvalue weighted by Crippen LogP contribution is 2.39. The summed E-state index contributed by atoms with van der Waals surface area (Å²) in [5, 5.41) is 1.37. The molecule has 0 radical (unpaired) electrons. The van der Waals surface area contributed by atoms with Crippen LogP contribution < -0.4 is 4.90 Å². The van der Waals surface area contributed by atoms with E-state index >= 15 is 0 Å². The second kappa shape index (κ2) is 7.21. The van der Waals surface area contributed by atoms with Gasteiger partial charge in [-0.15, -0.1) is 0 Å². The van der Waals surface area contributed by atoms with Crippen LogP contribution >= 0.6 is 0 Å². The molecule has 4 heterocycles. The Labute approximate surface area is 166 Å². The molecule has 2 saturated heterocycles. The van der Waals surface area contributed by atoms with Crippen LogP contribution in [-0.2, 0) is 6.54 Å². The molecule has 2 fully saturated rings. The molecule has 1 N–H and O–H groups in total. The fourth-order valence-electron chi connectivity index (χ4n) is 5.19. The van der Waals surface area contributed by atoms with E-state index in [-0.39, 0.29) is 0 Å². The van der Waals surface area contributed by atoms with Gasteiger partial charge in [-0.2, -0.15) is 0 Å². The summed E-state index contributed by atoms with van der Waals surface area (Å²) in [5.41, 5.74) is 4.02. The molecule has 5 heteroatoms. The molecule has 1 spiro atoms. The predicted molar refractivity (Wildman–Crippen MR) is 114 cm³/mol. The highest BCUT2D eigenvalue weighted by Gasteiger charge is 2.41. The van der Waals surface area contributed by atoms with Crippen LogP contribution in [0.2, 0.25) is 0 Å². The number of hydrogen-bond donors (Lipinski definition) is 1. The average molecular weight is 376 g/mol. The van der Waals surface area contributed by atoms with Crippen LogP contribution in [0.4, 0.5) is 5.82 Å². The van der Waals surface area contributed by atoms with Gasteiger partial charge in [-0.05, 0) is 50.8 Å². The lowest BCUT2D eigenvalue weighted by Gasteiger charge is -2.52. The van der Waals surface area contributed by atoms with Crippen molar-refractivity contribution in [3.63, 3.8) is 0 Å². The fraction of sp³-hybridized carbons (Fsp3) is 0.478. The minimum atomic E-state index is 0.338. The molecular formula is C23H29N5. The number of nitrogens with zero attached hydrogens (tertiary/aromatic N) is 4. The van der Waals surface area contributed by atoms with E-state index in [1.54, 1.807) is 0 Å². The zero-order valence-electron chi connectivity index (χ0n) is 16.7. The van der Waals surface area contributed by atoms with E-state index in [0.717, 1.165) is 31.1 Å². The molecule has 2 aliphatic heterocycles. The smallest absolute Gasteiger partial charge is 0.147 e. The van der Waals surface area contributed by atoms with Crippen LogP contribution in [0.1, 0.15) is 43.4 Å². The van der Waals surface area contributed by atoms with E-state index < -0.39 is 0 Å². The van der Waals surface area contributed by atoms with Gasteiger partial charge in [-0.25, -0.2) is 4.98 Å². The zero-order valence-corrected chi connectivity index (χ0v) is 16.7. The average Bonchev–Trinajstić information content (AvgIpc) is 3.13. The van der Waals surface area contributed by atoms with Gasteiger partial charge in [0.15, 0.2) is 0 Å². The molecule has 0 saturated carbocycles. The number of nitrogens with one attached hydrogen (secondary N) is 1. The van der Waals surface area contributed by atoms with Crippen molar-refractivity contribution < 1.29 is 0 Å². The van der Waals surface area contributed by atoms with Crippen LogP contribution in [0.15, 0.2) is 42.9 Å². The van der Waals surface area contributed by atoms with Gasteiger partial charge < -0.3 is 9.88 Å². The van der Waals surface area contributed by atoms with Gasteiger partial charge in [0.25, 0.3) is 0 Å². The summed E-state index contributed by atoms with van der Waals surface area (Å²) in [4.78, 5) is 17.7. The minimum Gasteiger partial charge on any atom is -0.361 e. The Hall–Kier alpha value is -2.40. The molecule has 0 bridgehead atoms. The van der Waals surface area contributed by atoms with E-state index in [0.29, 0.717) is 5.54 Å². The SMILES string of the molecule is Cc1cncc(N2CCC3(CCCCN3Cc3c[nH]c4ccccc34)CC2)n1. The van der Waals surface area contributed by atoms with Gasteiger partial charge in [0.1, 0.15) is 5.82 Å². The molecule has 1 aromatic carbocycles. The Balaban J connectivity index is 1.35. The molecule has 2 aromatic heterocycles. The predicted octanol–water partition coefficient (Wildman–Crippen LogP) is 4.29. The number of aromatic nitrogens is 3. The number of likely N-dealkylation sites (tertiary alicyclic amines) is 1. The van der Waals surface area contributed by atoms with Crippen LogP contribution in [0.25, 0.3) is 10.9 Å². The van der Waals surface area contributed by atoms with Crippen molar-refractivity contribution in [2.75, 3.05) is 24.5 Å². The van der Waals surface area contributed by atoms with Crippen molar-refractivity contribution in [1.82, 2.24) is 19.9 Å². The number of fused-ring (bicyclic) bond motifs is 1. The van der Waals surface area contributed by atoms with Crippen LogP contribution in [0.5, 0.6) is 0 Å². The zero-order chi connectivity index (χ0) is 19.0. The second-order valence-electron chi connectivity index (χ2n) is 8.47. The fourth-order valence-corrected chi connectivity index (χ4v) is 5.19. The first-order valence-corrected chi connectivity index (χ1v) is 10.6. The maximum atomic E-state index is 4.69. The summed E-state index contributed by atoms with van der Waals surface area (Å²) >= 11 is 0. The van der Waals surface area contributed by atoms with Gasteiger partial charge in [0.2, 0.25) is 0 Å². The summed E-state index contributed by atoms with van der Waals surface area (Å²) in [6.45, 7) is 6.43. The Bertz CT molecular complexity index is 954. The highest BCUT2D eigenvalue weighted by atomic mass is 15.3. The summed E-state index contributed by atoms with van der Waals surface area (Å²) in [5.74, 6) is 1.04. The molecule has 146 valence electrons. The van der Waals surface area contributed by atoms with Gasteiger partial charge in [0, 0.05) is 48.5 Å². The van der Waals surface area contributed by atoms with Crippen molar-refractivity contribution in [3.8, 4) is 0 Å². The number of anilines is 1. The first-order valence-electron chi connectivity index (χ1n) is 10.6. The number of aryl methyl sites for hydroxylation is 1. The lowest BCUT2D eigenvalue weighted by Crippen LogP contribution is -2.57. The normalized spacial score (nSPS) is 20.1. The van der Waals surface area contributed by atoms with Gasteiger partial charge in [-0.3, -0.25) is 9.88 Å². The van der Waals surface area contributed by atoms with E-state index in [9.17, 15) is 0 Å². The van der Waals surface area contributed by atoms with Crippen molar-refractivity contribution in [2.24, 2.45) is 0 Å². The first-order chi connectivity index (χ1) is 13.7. The molecule has 0 amide bonds. The quantitative estimate of drug-likeness (QED) is 0.742. The molecule has 5 nitrogen and oxygen atoms in total. The number of para-hydroxylation sites is 1.